The molecule has 1 aromatic heterocycles. The summed E-state index contributed by atoms with van der Waals surface area (Å²) in [7, 11) is 0. The molecule has 2 aromatic rings. The second-order valence-electron chi connectivity index (χ2n) is 9.46. The van der Waals surface area contributed by atoms with Crippen molar-refractivity contribution < 1.29 is 0 Å². The van der Waals surface area contributed by atoms with Gasteiger partial charge in [-0.15, -0.1) is 0 Å². The standard InChI is InChI=1S/C28H42N2/c1-3-5-6-7-8-10-24-11-13-25(14-12-24)17-20-28-29-21-27(22-30-28)26-18-15-23(9-4-2)16-19-26/h15-16,18-19,21-22,24-25H,3-14,17,20H2,1-2H3/t24-,25-. The van der Waals surface area contributed by atoms with Crippen LogP contribution in [-0.4, -0.2) is 9.97 Å². The van der Waals surface area contributed by atoms with Crippen LogP contribution in [0.15, 0.2) is 36.7 Å². The summed E-state index contributed by atoms with van der Waals surface area (Å²) >= 11 is 0. The summed E-state index contributed by atoms with van der Waals surface area (Å²) in [5.74, 6) is 2.90. The van der Waals surface area contributed by atoms with Gasteiger partial charge in [0.25, 0.3) is 0 Å². The minimum absolute atomic E-state index is 0.885. The molecule has 1 heterocycles. The fourth-order valence-electron chi connectivity index (χ4n) is 4.96. The van der Waals surface area contributed by atoms with E-state index in [2.05, 4.69) is 48.1 Å². The highest BCUT2D eigenvalue weighted by molar-refractivity contribution is 5.61. The molecule has 2 heteroatoms. The molecule has 1 saturated carbocycles. The highest BCUT2D eigenvalue weighted by atomic mass is 14.9. The molecule has 1 fully saturated rings. The molecule has 0 spiro atoms. The summed E-state index contributed by atoms with van der Waals surface area (Å²) in [6.45, 7) is 4.52. The molecule has 30 heavy (non-hydrogen) atoms. The van der Waals surface area contributed by atoms with Gasteiger partial charge in [-0.3, -0.25) is 0 Å². The highest BCUT2D eigenvalue weighted by Gasteiger charge is 2.21. The first-order chi connectivity index (χ1) is 14.8. The molecule has 0 radical (unpaired) electrons. The molecular weight excluding hydrogens is 364 g/mol. The lowest BCUT2D eigenvalue weighted by atomic mass is 9.78. The van der Waals surface area contributed by atoms with Crippen molar-refractivity contribution >= 4 is 0 Å². The van der Waals surface area contributed by atoms with Crippen LogP contribution < -0.4 is 0 Å². The van der Waals surface area contributed by atoms with Crippen molar-refractivity contribution in [2.24, 2.45) is 11.8 Å². The van der Waals surface area contributed by atoms with Crippen LogP contribution >= 0.6 is 0 Å². The Bertz CT molecular complexity index is 696. The van der Waals surface area contributed by atoms with Crippen LogP contribution in [0, 0.1) is 11.8 Å². The van der Waals surface area contributed by atoms with E-state index in [-0.39, 0.29) is 0 Å². The SMILES string of the molecule is CCCCCCC[C@H]1CC[C@H](CCc2ncc(-c3ccc(CCC)cc3)cn2)CC1. The number of hydrogen-bond acceptors (Lipinski definition) is 2. The average Bonchev–Trinajstić information content (AvgIpc) is 2.79. The van der Waals surface area contributed by atoms with Gasteiger partial charge in [-0.05, 0) is 35.8 Å². The van der Waals surface area contributed by atoms with Crippen LogP contribution in [0.1, 0.15) is 102 Å². The zero-order valence-corrected chi connectivity index (χ0v) is 19.4. The first-order valence-corrected chi connectivity index (χ1v) is 12.7. The smallest absolute Gasteiger partial charge is 0.128 e. The Kier molecular flexibility index (Phi) is 9.86. The number of benzene rings is 1. The predicted molar refractivity (Wildman–Crippen MR) is 129 cm³/mol. The Morgan fingerprint density at radius 2 is 1.30 bits per heavy atom. The lowest BCUT2D eigenvalue weighted by molar-refractivity contribution is 0.248. The van der Waals surface area contributed by atoms with Crippen molar-refractivity contribution in [1.29, 1.82) is 0 Å². The van der Waals surface area contributed by atoms with Crippen LogP contribution in [0.25, 0.3) is 11.1 Å². The van der Waals surface area contributed by atoms with Crippen molar-refractivity contribution in [3.8, 4) is 11.1 Å². The fourth-order valence-corrected chi connectivity index (χ4v) is 4.96. The largest absolute Gasteiger partial charge is 0.241 e. The van der Waals surface area contributed by atoms with E-state index in [9.17, 15) is 0 Å². The molecule has 0 N–H and O–H groups in total. The Morgan fingerprint density at radius 3 is 1.93 bits per heavy atom. The van der Waals surface area contributed by atoms with Gasteiger partial charge >= 0.3 is 0 Å². The van der Waals surface area contributed by atoms with Gasteiger partial charge in [-0.1, -0.05) is 109 Å². The minimum Gasteiger partial charge on any atom is -0.241 e. The molecule has 1 aliphatic carbocycles. The van der Waals surface area contributed by atoms with E-state index in [1.165, 1.54) is 88.2 Å². The van der Waals surface area contributed by atoms with E-state index in [1.807, 2.05) is 12.4 Å². The molecule has 0 bridgehead atoms. The van der Waals surface area contributed by atoms with Gasteiger partial charge in [0.2, 0.25) is 0 Å². The maximum absolute atomic E-state index is 4.67. The first kappa shape index (κ1) is 23.0. The Labute approximate surface area is 184 Å². The molecule has 0 aliphatic heterocycles. The molecule has 2 nitrogen and oxygen atoms in total. The summed E-state index contributed by atoms with van der Waals surface area (Å²) in [4.78, 5) is 9.33. The molecule has 1 aromatic carbocycles. The Balaban J connectivity index is 1.36. The summed E-state index contributed by atoms with van der Waals surface area (Å²) in [6.07, 6.45) is 23.0. The van der Waals surface area contributed by atoms with Crippen molar-refractivity contribution in [3.05, 3.63) is 48.0 Å². The number of rotatable bonds is 12. The molecule has 1 aliphatic rings. The molecule has 0 unspecified atom stereocenters. The molecule has 0 amide bonds. The zero-order chi connectivity index (χ0) is 21.0. The molecule has 3 rings (SSSR count). The van der Waals surface area contributed by atoms with Gasteiger partial charge in [0, 0.05) is 24.4 Å². The summed E-state index contributed by atoms with van der Waals surface area (Å²) in [5, 5.41) is 0. The van der Waals surface area contributed by atoms with E-state index in [4.69, 9.17) is 0 Å². The third-order valence-electron chi connectivity index (χ3n) is 6.99. The zero-order valence-electron chi connectivity index (χ0n) is 19.4. The van der Waals surface area contributed by atoms with Crippen molar-refractivity contribution in [2.45, 2.75) is 104 Å². The molecule has 164 valence electrons. The highest BCUT2D eigenvalue weighted by Crippen LogP contribution is 2.34. The van der Waals surface area contributed by atoms with Crippen LogP contribution in [0.3, 0.4) is 0 Å². The number of aryl methyl sites for hydroxylation is 2. The van der Waals surface area contributed by atoms with Gasteiger partial charge in [0.05, 0.1) is 0 Å². The predicted octanol–water partition coefficient (Wildman–Crippen LogP) is 8.20. The lowest BCUT2D eigenvalue weighted by Gasteiger charge is -2.28. The number of nitrogens with zero attached hydrogens (tertiary/aromatic N) is 2. The lowest BCUT2D eigenvalue weighted by Crippen LogP contribution is -2.15. The maximum Gasteiger partial charge on any atom is 0.128 e. The molecular formula is C28H42N2. The van der Waals surface area contributed by atoms with Crippen LogP contribution in [-0.2, 0) is 12.8 Å². The number of unbranched alkanes of at least 4 members (excludes halogenated alkanes) is 4. The Morgan fingerprint density at radius 1 is 0.667 bits per heavy atom. The summed E-state index contributed by atoms with van der Waals surface area (Å²) in [6, 6.07) is 8.86. The average molecular weight is 407 g/mol. The van der Waals surface area contributed by atoms with E-state index in [1.54, 1.807) is 0 Å². The van der Waals surface area contributed by atoms with E-state index >= 15 is 0 Å². The third-order valence-corrected chi connectivity index (χ3v) is 6.99. The third kappa shape index (κ3) is 7.52. The first-order valence-electron chi connectivity index (χ1n) is 12.7. The van der Waals surface area contributed by atoms with Gasteiger partial charge in [0.1, 0.15) is 5.82 Å². The van der Waals surface area contributed by atoms with Crippen LogP contribution in [0.2, 0.25) is 0 Å². The quantitative estimate of drug-likeness (QED) is 0.332. The van der Waals surface area contributed by atoms with Crippen molar-refractivity contribution in [3.63, 3.8) is 0 Å². The summed E-state index contributed by atoms with van der Waals surface area (Å²) < 4.78 is 0. The van der Waals surface area contributed by atoms with Crippen LogP contribution in [0.5, 0.6) is 0 Å². The van der Waals surface area contributed by atoms with Crippen molar-refractivity contribution in [2.75, 3.05) is 0 Å². The number of hydrogen-bond donors (Lipinski definition) is 0. The van der Waals surface area contributed by atoms with Gasteiger partial charge in [-0.2, -0.15) is 0 Å². The monoisotopic (exact) mass is 406 g/mol. The molecule has 0 atom stereocenters. The van der Waals surface area contributed by atoms with Gasteiger partial charge < -0.3 is 0 Å². The van der Waals surface area contributed by atoms with Gasteiger partial charge in [0.15, 0.2) is 0 Å². The van der Waals surface area contributed by atoms with E-state index < -0.39 is 0 Å². The van der Waals surface area contributed by atoms with Crippen molar-refractivity contribution in [1.82, 2.24) is 9.97 Å². The second kappa shape index (κ2) is 12.9. The normalized spacial score (nSPS) is 19.1. The maximum atomic E-state index is 4.67. The van der Waals surface area contributed by atoms with E-state index in [0.29, 0.717) is 0 Å². The Hall–Kier alpha value is -1.70. The summed E-state index contributed by atoms with van der Waals surface area (Å²) in [5.41, 5.74) is 3.75. The second-order valence-corrected chi connectivity index (χ2v) is 9.46. The fraction of sp³-hybridized carbons (Fsp3) is 0.643. The van der Waals surface area contributed by atoms with Crippen LogP contribution in [0.4, 0.5) is 0 Å². The van der Waals surface area contributed by atoms with E-state index in [0.717, 1.165) is 36.1 Å². The topological polar surface area (TPSA) is 25.8 Å². The van der Waals surface area contributed by atoms with Gasteiger partial charge in [-0.25, -0.2) is 9.97 Å². The molecule has 0 saturated heterocycles. The number of aromatic nitrogens is 2. The minimum atomic E-state index is 0.885.